The Morgan fingerprint density at radius 3 is 3.12 bits per heavy atom. The van der Waals surface area contributed by atoms with Crippen LogP contribution in [0.25, 0.3) is 0 Å². The molecule has 2 unspecified atom stereocenters. The number of rotatable bonds is 5. The molecule has 1 spiro atoms. The molecule has 0 amide bonds. The second-order valence-electron chi connectivity index (χ2n) is 7.04. The monoisotopic (exact) mass is 362 g/mol. The Bertz CT molecular complexity index is 738. The molecule has 2 atom stereocenters. The minimum absolute atomic E-state index is 0.121. The molecule has 1 aromatic heterocycles. The van der Waals surface area contributed by atoms with Crippen LogP contribution in [-0.4, -0.2) is 41.3 Å². The van der Waals surface area contributed by atoms with E-state index < -0.39 is 0 Å². The molecule has 0 bridgehead atoms. The van der Waals surface area contributed by atoms with Crippen molar-refractivity contribution < 1.29 is 13.9 Å². The van der Waals surface area contributed by atoms with Crippen LogP contribution in [0.3, 0.4) is 0 Å². The van der Waals surface area contributed by atoms with Gasteiger partial charge in [0.2, 0.25) is 0 Å². The molecular weight excluding hydrogens is 339 g/mol. The summed E-state index contributed by atoms with van der Waals surface area (Å²) in [5.41, 5.74) is 1.62. The summed E-state index contributed by atoms with van der Waals surface area (Å²) in [7, 11) is 0. The quantitative estimate of drug-likeness (QED) is 0.815. The zero-order valence-electron chi connectivity index (χ0n) is 14.4. The fraction of sp³-hybridized carbons (Fsp3) is 0.526. The van der Waals surface area contributed by atoms with Gasteiger partial charge in [-0.05, 0) is 19.4 Å². The molecule has 25 heavy (non-hydrogen) atoms. The molecule has 4 nitrogen and oxygen atoms in total. The van der Waals surface area contributed by atoms with Gasteiger partial charge in [0, 0.05) is 37.0 Å². The van der Waals surface area contributed by atoms with Crippen LogP contribution in [0, 0.1) is 12.7 Å². The number of benzene rings is 1. The predicted octanol–water partition coefficient (Wildman–Crippen LogP) is 3.54. The highest BCUT2D eigenvalue weighted by Gasteiger charge is 2.45. The van der Waals surface area contributed by atoms with Crippen molar-refractivity contribution in [3.8, 4) is 0 Å². The average molecular weight is 362 g/mol. The van der Waals surface area contributed by atoms with Gasteiger partial charge in [-0.2, -0.15) is 0 Å². The van der Waals surface area contributed by atoms with Crippen molar-refractivity contribution in [3.05, 3.63) is 51.7 Å². The SMILES string of the molecule is Cc1nc(COC2COC3(CCN(Cc4ccccc4F)C3)C2)cs1. The van der Waals surface area contributed by atoms with Crippen LogP contribution in [0.2, 0.25) is 0 Å². The van der Waals surface area contributed by atoms with Gasteiger partial charge in [-0.1, -0.05) is 18.2 Å². The van der Waals surface area contributed by atoms with Crippen molar-refractivity contribution in [2.75, 3.05) is 19.7 Å². The highest BCUT2D eigenvalue weighted by molar-refractivity contribution is 7.09. The maximum atomic E-state index is 13.9. The lowest BCUT2D eigenvalue weighted by Gasteiger charge is -2.23. The summed E-state index contributed by atoms with van der Waals surface area (Å²) in [4.78, 5) is 6.72. The molecule has 2 fully saturated rings. The zero-order valence-corrected chi connectivity index (χ0v) is 15.2. The van der Waals surface area contributed by atoms with Crippen molar-refractivity contribution in [2.24, 2.45) is 0 Å². The second-order valence-corrected chi connectivity index (χ2v) is 8.10. The first kappa shape index (κ1) is 17.1. The average Bonchev–Trinajstić information content (AvgIpc) is 3.30. The predicted molar refractivity (Wildman–Crippen MR) is 95.0 cm³/mol. The number of hydrogen-bond acceptors (Lipinski definition) is 5. The van der Waals surface area contributed by atoms with Gasteiger partial charge in [-0.3, -0.25) is 4.90 Å². The van der Waals surface area contributed by atoms with Gasteiger partial charge in [-0.25, -0.2) is 9.37 Å². The summed E-state index contributed by atoms with van der Waals surface area (Å²) in [6.07, 6.45) is 2.01. The molecule has 0 aliphatic carbocycles. The van der Waals surface area contributed by atoms with Crippen LogP contribution < -0.4 is 0 Å². The summed E-state index contributed by atoms with van der Waals surface area (Å²) in [6, 6.07) is 7.01. The van der Waals surface area contributed by atoms with Gasteiger partial charge in [-0.15, -0.1) is 11.3 Å². The zero-order chi connectivity index (χ0) is 17.3. The lowest BCUT2D eigenvalue weighted by atomic mass is 9.98. The number of aromatic nitrogens is 1. The van der Waals surface area contributed by atoms with E-state index in [1.165, 1.54) is 6.07 Å². The Morgan fingerprint density at radius 2 is 2.32 bits per heavy atom. The molecule has 0 radical (unpaired) electrons. The van der Waals surface area contributed by atoms with Crippen LogP contribution in [0.4, 0.5) is 4.39 Å². The fourth-order valence-electron chi connectivity index (χ4n) is 3.80. The third-order valence-electron chi connectivity index (χ3n) is 5.06. The van der Waals surface area contributed by atoms with Gasteiger partial charge in [0.1, 0.15) is 5.82 Å². The normalized spacial score (nSPS) is 26.7. The lowest BCUT2D eigenvalue weighted by Crippen LogP contribution is -2.33. The molecule has 4 rings (SSSR count). The van der Waals surface area contributed by atoms with E-state index >= 15 is 0 Å². The van der Waals surface area contributed by atoms with Crippen molar-refractivity contribution in [2.45, 2.75) is 44.6 Å². The van der Waals surface area contributed by atoms with E-state index in [0.29, 0.717) is 19.8 Å². The van der Waals surface area contributed by atoms with Gasteiger partial charge >= 0.3 is 0 Å². The topological polar surface area (TPSA) is 34.6 Å². The van der Waals surface area contributed by atoms with Crippen molar-refractivity contribution in [1.29, 1.82) is 0 Å². The first-order valence-corrected chi connectivity index (χ1v) is 9.62. The molecule has 2 aromatic rings. The first-order valence-electron chi connectivity index (χ1n) is 8.74. The smallest absolute Gasteiger partial charge is 0.127 e. The number of hydrogen-bond donors (Lipinski definition) is 0. The van der Waals surface area contributed by atoms with Crippen molar-refractivity contribution in [3.63, 3.8) is 0 Å². The Morgan fingerprint density at radius 1 is 1.44 bits per heavy atom. The third-order valence-corrected chi connectivity index (χ3v) is 5.88. The van der Waals surface area contributed by atoms with Crippen LogP contribution >= 0.6 is 11.3 Å². The van der Waals surface area contributed by atoms with Crippen LogP contribution in [0.1, 0.15) is 29.1 Å². The first-order chi connectivity index (χ1) is 12.1. The molecular formula is C19H23FN2O2S. The number of likely N-dealkylation sites (tertiary alicyclic amines) is 1. The van der Waals surface area contributed by atoms with E-state index in [2.05, 4.69) is 9.88 Å². The largest absolute Gasteiger partial charge is 0.371 e. The maximum Gasteiger partial charge on any atom is 0.127 e. The van der Waals surface area contributed by atoms with Crippen molar-refractivity contribution >= 4 is 11.3 Å². The molecule has 2 saturated heterocycles. The van der Waals surface area contributed by atoms with Gasteiger partial charge in [0.15, 0.2) is 0 Å². The Balaban J connectivity index is 1.30. The molecule has 0 N–H and O–H groups in total. The highest BCUT2D eigenvalue weighted by atomic mass is 32.1. The van der Waals surface area contributed by atoms with E-state index in [1.54, 1.807) is 17.4 Å². The third kappa shape index (κ3) is 3.92. The minimum atomic E-state index is -0.131. The van der Waals surface area contributed by atoms with Crippen LogP contribution in [-0.2, 0) is 22.6 Å². The molecule has 6 heteroatoms. The number of nitrogens with zero attached hydrogens (tertiary/aromatic N) is 2. The molecule has 2 aliphatic heterocycles. The summed E-state index contributed by atoms with van der Waals surface area (Å²) in [5, 5.41) is 3.12. The Hall–Kier alpha value is -1.34. The summed E-state index contributed by atoms with van der Waals surface area (Å²) < 4.78 is 26.0. The summed E-state index contributed by atoms with van der Waals surface area (Å²) in [5.74, 6) is -0.129. The van der Waals surface area contributed by atoms with Gasteiger partial charge < -0.3 is 9.47 Å². The second kappa shape index (κ2) is 7.11. The van der Waals surface area contributed by atoms with Gasteiger partial charge in [0.25, 0.3) is 0 Å². The van der Waals surface area contributed by atoms with E-state index in [-0.39, 0.29) is 17.5 Å². The number of halogens is 1. The Kier molecular flexibility index (Phi) is 4.86. The Labute approximate surface area is 151 Å². The van der Waals surface area contributed by atoms with Crippen LogP contribution in [0.5, 0.6) is 0 Å². The summed E-state index contributed by atoms with van der Waals surface area (Å²) >= 11 is 1.65. The number of ether oxygens (including phenoxy) is 2. The van der Waals surface area contributed by atoms with Crippen molar-refractivity contribution in [1.82, 2.24) is 9.88 Å². The minimum Gasteiger partial charge on any atom is -0.371 e. The molecule has 3 heterocycles. The van der Waals surface area contributed by atoms with E-state index in [0.717, 1.165) is 42.2 Å². The number of thiazole rings is 1. The van der Waals surface area contributed by atoms with E-state index in [1.807, 2.05) is 24.4 Å². The van der Waals surface area contributed by atoms with Gasteiger partial charge in [0.05, 0.1) is 35.6 Å². The number of aryl methyl sites for hydroxylation is 1. The van der Waals surface area contributed by atoms with Crippen LogP contribution in [0.15, 0.2) is 29.6 Å². The molecule has 2 aliphatic rings. The molecule has 134 valence electrons. The standard InChI is InChI=1S/C19H23FN2O2S/c1-14-21-16(12-25-14)10-23-17-8-19(24-11-17)6-7-22(13-19)9-15-4-2-3-5-18(15)20/h2-5,12,17H,6-11,13H2,1H3. The maximum absolute atomic E-state index is 13.9. The highest BCUT2D eigenvalue weighted by Crippen LogP contribution is 2.37. The molecule has 0 saturated carbocycles. The molecule has 1 aromatic carbocycles. The fourth-order valence-corrected chi connectivity index (χ4v) is 4.40. The van der Waals surface area contributed by atoms with E-state index in [4.69, 9.17) is 9.47 Å². The lowest BCUT2D eigenvalue weighted by molar-refractivity contribution is -0.000790. The summed E-state index contributed by atoms with van der Waals surface area (Å²) in [6.45, 7) is 5.61. The van der Waals surface area contributed by atoms with E-state index in [9.17, 15) is 4.39 Å².